The number of carboxylic acids is 1. The summed E-state index contributed by atoms with van der Waals surface area (Å²) in [5.74, 6) is -0.902. The largest absolute Gasteiger partial charge is 0.480 e. The Morgan fingerprint density at radius 3 is 2.56 bits per heavy atom. The highest BCUT2D eigenvalue weighted by Gasteiger charge is 2.37. The SMILES string of the molecule is CN(C(=O)N1CCCC1C(=O)O)C1CCOCC1. The summed E-state index contributed by atoms with van der Waals surface area (Å²) in [6.45, 7) is 1.89. The first kappa shape index (κ1) is 13.1. The Morgan fingerprint density at radius 2 is 1.94 bits per heavy atom. The molecule has 2 aliphatic heterocycles. The predicted octanol–water partition coefficient (Wildman–Crippen LogP) is 0.766. The number of carbonyl (C=O) groups excluding carboxylic acids is 1. The molecule has 6 nitrogen and oxygen atoms in total. The monoisotopic (exact) mass is 256 g/mol. The number of hydrogen-bond donors (Lipinski definition) is 1. The molecule has 0 aromatic rings. The summed E-state index contributed by atoms with van der Waals surface area (Å²) in [5.41, 5.74) is 0. The van der Waals surface area contributed by atoms with Crippen LogP contribution in [0.25, 0.3) is 0 Å². The zero-order valence-corrected chi connectivity index (χ0v) is 10.7. The zero-order chi connectivity index (χ0) is 13.1. The van der Waals surface area contributed by atoms with Gasteiger partial charge < -0.3 is 19.6 Å². The molecule has 1 atom stereocenters. The normalized spacial score (nSPS) is 25.2. The highest BCUT2D eigenvalue weighted by molar-refractivity contribution is 5.83. The molecule has 0 aromatic carbocycles. The lowest BCUT2D eigenvalue weighted by atomic mass is 10.1. The van der Waals surface area contributed by atoms with Crippen molar-refractivity contribution in [3.05, 3.63) is 0 Å². The molecule has 1 N–H and O–H groups in total. The molecule has 0 radical (unpaired) electrons. The molecule has 0 bridgehead atoms. The molecule has 102 valence electrons. The van der Waals surface area contributed by atoms with E-state index < -0.39 is 12.0 Å². The van der Waals surface area contributed by atoms with Crippen molar-refractivity contribution in [3.8, 4) is 0 Å². The molecule has 2 rings (SSSR count). The Labute approximate surface area is 106 Å². The average molecular weight is 256 g/mol. The van der Waals surface area contributed by atoms with Crippen LogP contribution in [0.15, 0.2) is 0 Å². The summed E-state index contributed by atoms with van der Waals surface area (Å²) < 4.78 is 5.27. The Morgan fingerprint density at radius 1 is 1.28 bits per heavy atom. The first-order chi connectivity index (χ1) is 8.61. The summed E-state index contributed by atoms with van der Waals surface area (Å²) in [5, 5.41) is 9.09. The molecule has 18 heavy (non-hydrogen) atoms. The smallest absolute Gasteiger partial charge is 0.326 e. The molecule has 2 saturated heterocycles. The van der Waals surface area contributed by atoms with Crippen molar-refractivity contribution < 1.29 is 19.4 Å². The number of urea groups is 1. The van der Waals surface area contributed by atoms with E-state index in [9.17, 15) is 9.59 Å². The van der Waals surface area contributed by atoms with Gasteiger partial charge in [-0.2, -0.15) is 0 Å². The van der Waals surface area contributed by atoms with E-state index >= 15 is 0 Å². The minimum Gasteiger partial charge on any atom is -0.480 e. The second-order valence-corrected chi connectivity index (χ2v) is 4.93. The highest BCUT2D eigenvalue weighted by Crippen LogP contribution is 2.21. The van der Waals surface area contributed by atoms with Crippen LogP contribution in [0.5, 0.6) is 0 Å². The molecular formula is C12H20N2O4. The number of nitrogens with zero attached hydrogens (tertiary/aromatic N) is 2. The summed E-state index contributed by atoms with van der Waals surface area (Å²) in [6, 6.07) is -0.645. The first-order valence-electron chi connectivity index (χ1n) is 6.45. The quantitative estimate of drug-likeness (QED) is 0.792. The molecule has 6 heteroatoms. The van der Waals surface area contributed by atoms with Crippen molar-refractivity contribution in [3.63, 3.8) is 0 Å². The van der Waals surface area contributed by atoms with E-state index in [0.717, 1.165) is 19.3 Å². The van der Waals surface area contributed by atoms with Crippen LogP contribution in [0.2, 0.25) is 0 Å². The fraction of sp³-hybridized carbons (Fsp3) is 0.833. The predicted molar refractivity (Wildman–Crippen MR) is 64.4 cm³/mol. The van der Waals surface area contributed by atoms with Crippen molar-refractivity contribution in [2.24, 2.45) is 0 Å². The van der Waals surface area contributed by atoms with Crippen LogP contribution >= 0.6 is 0 Å². The van der Waals surface area contributed by atoms with Gasteiger partial charge in [0.25, 0.3) is 0 Å². The molecular weight excluding hydrogens is 236 g/mol. The molecule has 0 saturated carbocycles. The lowest BCUT2D eigenvalue weighted by Crippen LogP contribution is -2.50. The van der Waals surface area contributed by atoms with Gasteiger partial charge in [0.15, 0.2) is 0 Å². The average Bonchev–Trinajstić information content (AvgIpc) is 2.87. The van der Waals surface area contributed by atoms with Gasteiger partial charge in [-0.05, 0) is 25.7 Å². The van der Waals surface area contributed by atoms with Crippen molar-refractivity contribution in [2.45, 2.75) is 37.8 Å². The van der Waals surface area contributed by atoms with Crippen molar-refractivity contribution in [1.29, 1.82) is 0 Å². The minimum absolute atomic E-state index is 0.160. The van der Waals surface area contributed by atoms with Gasteiger partial charge in [-0.1, -0.05) is 0 Å². The van der Waals surface area contributed by atoms with Gasteiger partial charge in [0, 0.05) is 32.8 Å². The lowest BCUT2D eigenvalue weighted by molar-refractivity contribution is -0.141. The van der Waals surface area contributed by atoms with E-state index in [2.05, 4.69) is 0 Å². The van der Waals surface area contributed by atoms with E-state index in [-0.39, 0.29) is 12.1 Å². The summed E-state index contributed by atoms with van der Waals surface area (Å²) in [6.07, 6.45) is 2.98. The number of ether oxygens (including phenoxy) is 1. The minimum atomic E-state index is -0.902. The van der Waals surface area contributed by atoms with Crippen LogP contribution in [0.4, 0.5) is 4.79 Å². The van der Waals surface area contributed by atoms with Gasteiger partial charge in [0.05, 0.1) is 0 Å². The van der Waals surface area contributed by atoms with Gasteiger partial charge in [0.1, 0.15) is 6.04 Å². The molecule has 2 aliphatic rings. The molecule has 2 amide bonds. The summed E-state index contributed by atoms with van der Waals surface area (Å²) in [4.78, 5) is 26.6. The Kier molecular flexibility index (Phi) is 4.06. The second-order valence-electron chi connectivity index (χ2n) is 4.93. The maximum atomic E-state index is 12.3. The van der Waals surface area contributed by atoms with Gasteiger partial charge in [-0.15, -0.1) is 0 Å². The number of hydrogen-bond acceptors (Lipinski definition) is 3. The van der Waals surface area contributed by atoms with Crippen LogP contribution in [-0.4, -0.2) is 65.8 Å². The Bertz CT molecular complexity index is 328. The number of carbonyl (C=O) groups is 2. The van der Waals surface area contributed by atoms with Crippen LogP contribution in [-0.2, 0) is 9.53 Å². The van der Waals surface area contributed by atoms with E-state index in [4.69, 9.17) is 9.84 Å². The standard InChI is InChI=1S/C12H20N2O4/c1-13(9-4-7-18-8-5-9)12(17)14-6-2-3-10(14)11(15)16/h9-10H,2-8H2,1H3,(H,15,16). The van der Waals surface area contributed by atoms with Gasteiger partial charge in [-0.3, -0.25) is 0 Å². The molecule has 0 spiro atoms. The first-order valence-corrected chi connectivity index (χ1v) is 6.45. The number of aliphatic carboxylic acids is 1. The van der Waals surface area contributed by atoms with Crippen molar-refractivity contribution >= 4 is 12.0 Å². The third-order valence-electron chi connectivity index (χ3n) is 3.82. The second kappa shape index (κ2) is 5.56. The van der Waals surface area contributed by atoms with Gasteiger partial charge in [0.2, 0.25) is 0 Å². The van der Waals surface area contributed by atoms with Crippen molar-refractivity contribution in [2.75, 3.05) is 26.8 Å². The van der Waals surface area contributed by atoms with Crippen LogP contribution in [0, 0.1) is 0 Å². The molecule has 2 heterocycles. The fourth-order valence-corrected chi connectivity index (χ4v) is 2.68. The maximum absolute atomic E-state index is 12.3. The van der Waals surface area contributed by atoms with Crippen LogP contribution < -0.4 is 0 Å². The van der Waals surface area contributed by atoms with Gasteiger partial charge in [-0.25, -0.2) is 9.59 Å². The number of carboxylic acid groups (broad SMARTS) is 1. The molecule has 1 unspecified atom stereocenters. The van der Waals surface area contributed by atoms with E-state index in [1.807, 2.05) is 0 Å². The van der Waals surface area contributed by atoms with Crippen LogP contribution in [0.3, 0.4) is 0 Å². The third-order valence-corrected chi connectivity index (χ3v) is 3.82. The Balaban J connectivity index is 1.99. The highest BCUT2D eigenvalue weighted by atomic mass is 16.5. The number of rotatable bonds is 2. The van der Waals surface area contributed by atoms with E-state index in [0.29, 0.717) is 26.2 Å². The summed E-state index contributed by atoms with van der Waals surface area (Å²) >= 11 is 0. The van der Waals surface area contributed by atoms with Crippen molar-refractivity contribution in [1.82, 2.24) is 9.80 Å². The fourth-order valence-electron chi connectivity index (χ4n) is 2.68. The van der Waals surface area contributed by atoms with E-state index in [1.54, 1.807) is 11.9 Å². The molecule has 2 fully saturated rings. The Hall–Kier alpha value is -1.30. The number of amides is 2. The van der Waals surface area contributed by atoms with Crippen LogP contribution in [0.1, 0.15) is 25.7 Å². The molecule has 0 aromatic heterocycles. The zero-order valence-electron chi connectivity index (χ0n) is 10.7. The van der Waals surface area contributed by atoms with E-state index in [1.165, 1.54) is 4.90 Å². The maximum Gasteiger partial charge on any atom is 0.326 e. The number of likely N-dealkylation sites (tertiary alicyclic amines) is 1. The third kappa shape index (κ3) is 2.58. The summed E-state index contributed by atoms with van der Waals surface area (Å²) in [7, 11) is 1.76. The lowest BCUT2D eigenvalue weighted by Gasteiger charge is -2.35. The molecule has 0 aliphatic carbocycles. The van der Waals surface area contributed by atoms with Gasteiger partial charge >= 0.3 is 12.0 Å². The topological polar surface area (TPSA) is 70.1 Å².